The van der Waals surface area contributed by atoms with Crippen LogP contribution in [0.2, 0.25) is 0 Å². The van der Waals surface area contributed by atoms with Gasteiger partial charge in [0, 0.05) is 18.1 Å². The van der Waals surface area contributed by atoms with E-state index in [1.807, 2.05) is 38.1 Å². The van der Waals surface area contributed by atoms with Crippen molar-refractivity contribution in [2.24, 2.45) is 5.41 Å². The molecule has 0 atom stereocenters. The fourth-order valence-corrected chi connectivity index (χ4v) is 2.55. The third-order valence-electron chi connectivity index (χ3n) is 3.49. The standard InChI is InChI=1S/C15H19BrN2O/c1-4-15(5-2,11-17)14(19)18(3)10-12-7-6-8-13(16)9-12/h6-9H,4-5,10H2,1-3H3. The monoisotopic (exact) mass is 322 g/mol. The molecule has 0 N–H and O–H groups in total. The van der Waals surface area contributed by atoms with Gasteiger partial charge in [0.1, 0.15) is 5.41 Å². The zero-order valence-electron chi connectivity index (χ0n) is 11.6. The molecule has 0 aliphatic carbocycles. The minimum Gasteiger partial charge on any atom is -0.340 e. The maximum Gasteiger partial charge on any atom is 0.243 e. The van der Waals surface area contributed by atoms with Gasteiger partial charge in [0.05, 0.1) is 6.07 Å². The molecule has 1 amide bonds. The maximum absolute atomic E-state index is 12.4. The summed E-state index contributed by atoms with van der Waals surface area (Å²) in [6.07, 6.45) is 1.09. The second kappa shape index (κ2) is 6.72. The van der Waals surface area contributed by atoms with Gasteiger partial charge in [-0.1, -0.05) is 41.9 Å². The van der Waals surface area contributed by atoms with E-state index >= 15 is 0 Å². The number of carbonyl (C=O) groups excluding carboxylic acids is 1. The average Bonchev–Trinajstić information content (AvgIpc) is 2.41. The molecule has 0 unspecified atom stereocenters. The van der Waals surface area contributed by atoms with Crippen molar-refractivity contribution in [1.82, 2.24) is 4.90 Å². The Morgan fingerprint density at radius 2 is 2.05 bits per heavy atom. The first kappa shape index (κ1) is 15.7. The highest BCUT2D eigenvalue weighted by Gasteiger charge is 2.37. The highest BCUT2D eigenvalue weighted by molar-refractivity contribution is 9.10. The van der Waals surface area contributed by atoms with E-state index in [1.165, 1.54) is 0 Å². The van der Waals surface area contributed by atoms with Gasteiger partial charge in [0.15, 0.2) is 0 Å². The van der Waals surface area contributed by atoms with E-state index in [0.29, 0.717) is 19.4 Å². The SMILES string of the molecule is CCC(C#N)(CC)C(=O)N(C)Cc1cccc(Br)c1. The molecule has 0 aliphatic rings. The number of rotatable bonds is 5. The predicted octanol–water partition coefficient (Wildman–Crippen LogP) is 3.74. The predicted molar refractivity (Wildman–Crippen MR) is 79.2 cm³/mol. The normalized spacial score (nSPS) is 10.9. The summed E-state index contributed by atoms with van der Waals surface area (Å²) >= 11 is 3.41. The third-order valence-corrected chi connectivity index (χ3v) is 3.98. The van der Waals surface area contributed by atoms with Crippen LogP contribution in [0.1, 0.15) is 32.3 Å². The summed E-state index contributed by atoms with van der Waals surface area (Å²) in [6.45, 7) is 4.29. The average molecular weight is 323 g/mol. The number of nitriles is 1. The molecule has 0 heterocycles. The van der Waals surface area contributed by atoms with Crippen molar-refractivity contribution in [3.8, 4) is 6.07 Å². The molecule has 0 aliphatic heterocycles. The molecule has 3 nitrogen and oxygen atoms in total. The minimum atomic E-state index is -0.888. The van der Waals surface area contributed by atoms with Crippen molar-refractivity contribution in [2.75, 3.05) is 7.05 Å². The quantitative estimate of drug-likeness (QED) is 0.828. The number of halogens is 1. The van der Waals surface area contributed by atoms with Crippen molar-refractivity contribution in [2.45, 2.75) is 33.2 Å². The summed E-state index contributed by atoms with van der Waals surface area (Å²) in [5.74, 6) is -0.0972. The van der Waals surface area contributed by atoms with Gasteiger partial charge >= 0.3 is 0 Å². The number of amides is 1. The zero-order valence-corrected chi connectivity index (χ0v) is 13.2. The van der Waals surface area contributed by atoms with E-state index in [4.69, 9.17) is 0 Å². The van der Waals surface area contributed by atoms with Gasteiger partial charge in [-0.15, -0.1) is 0 Å². The molecule has 0 spiro atoms. The van der Waals surface area contributed by atoms with Crippen LogP contribution in [0.4, 0.5) is 0 Å². The smallest absolute Gasteiger partial charge is 0.243 e. The molecule has 1 rings (SSSR count). The molecule has 0 radical (unpaired) electrons. The summed E-state index contributed by atoms with van der Waals surface area (Å²) in [5, 5.41) is 9.30. The molecule has 0 saturated carbocycles. The second-order valence-electron chi connectivity index (χ2n) is 4.69. The number of hydrogen-bond donors (Lipinski definition) is 0. The summed E-state index contributed by atoms with van der Waals surface area (Å²) in [5.41, 5.74) is 0.157. The Morgan fingerprint density at radius 3 is 2.53 bits per heavy atom. The summed E-state index contributed by atoms with van der Waals surface area (Å²) in [4.78, 5) is 14.1. The Kier molecular flexibility index (Phi) is 5.56. The van der Waals surface area contributed by atoms with Crippen LogP contribution < -0.4 is 0 Å². The van der Waals surface area contributed by atoms with Crippen LogP contribution in [-0.2, 0) is 11.3 Å². The topological polar surface area (TPSA) is 44.1 Å². The summed E-state index contributed by atoms with van der Waals surface area (Å²) < 4.78 is 0.989. The van der Waals surface area contributed by atoms with Crippen LogP contribution in [0.25, 0.3) is 0 Å². The second-order valence-corrected chi connectivity index (χ2v) is 5.61. The minimum absolute atomic E-state index is 0.0972. The van der Waals surface area contributed by atoms with Crippen LogP contribution in [0.3, 0.4) is 0 Å². The van der Waals surface area contributed by atoms with Crippen LogP contribution in [-0.4, -0.2) is 17.9 Å². The Bertz CT molecular complexity index is 489. The van der Waals surface area contributed by atoms with Gasteiger partial charge < -0.3 is 4.90 Å². The van der Waals surface area contributed by atoms with Crippen molar-refractivity contribution in [1.29, 1.82) is 5.26 Å². The van der Waals surface area contributed by atoms with E-state index < -0.39 is 5.41 Å². The molecule has 19 heavy (non-hydrogen) atoms. The van der Waals surface area contributed by atoms with Gasteiger partial charge in [0.2, 0.25) is 5.91 Å². The lowest BCUT2D eigenvalue weighted by atomic mass is 9.82. The lowest BCUT2D eigenvalue weighted by molar-refractivity contribution is -0.138. The molecule has 0 bridgehead atoms. The number of nitrogens with zero attached hydrogens (tertiary/aromatic N) is 2. The summed E-state index contributed by atoms with van der Waals surface area (Å²) in [6, 6.07) is 10.0. The Labute approximate surface area is 123 Å². The number of benzene rings is 1. The number of hydrogen-bond acceptors (Lipinski definition) is 2. The molecule has 102 valence electrons. The number of carbonyl (C=O) groups is 1. The first-order chi connectivity index (χ1) is 8.99. The van der Waals surface area contributed by atoms with Gasteiger partial charge in [-0.2, -0.15) is 5.26 Å². The van der Waals surface area contributed by atoms with Crippen LogP contribution >= 0.6 is 15.9 Å². The summed E-state index contributed by atoms with van der Waals surface area (Å²) in [7, 11) is 1.75. The molecule has 0 saturated heterocycles. The molecule has 0 aromatic heterocycles. The van der Waals surface area contributed by atoms with E-state index in [-0.39, 0.29) is 5.91 Å². The molecule has 4 heteroatoms. The van der Waals surface area contributed by atoms with Gasteiger partial charge in [0.25, 0.3) is 0 Å². The van der Waals surface area contributed by atoms with Crippen molar-refractivity contribution < 1.29 is 4.79 Å². The van der Waals surface area contributed by atoms with Crippen molar-refractivity contribution >= 4 is 21.8 Å². The Balaban J connectivity index is 2.86. The fourth-order valence-electron chi connectivity index (χ4n) is 2.10. The van der Waals surface area contributed by atoms with Crippen LogP contribution in [0.5, 0.6) is 0 Å². The van der Waals surface area contributed by atoms with E-state index in [1.54, 1.807) is 11.9 Å². The maximum atomic E-state index is 12.4. The lowest BCUT2D eigenvalue weighted by Crippen LogP contribution is -2.40. The molecule has 0 fully saturated rings. The van der Waals surface area contributed by atoms with Crippen molar-refractivity contribution in [3.63, 3.8) is 0 Å². The van der Waals surface area contributed by atoms with Gasteiger partial charge in [-0.05, 0) is 30.5 Å². The Hall–Kier alpha value is -1.34. The third kappa shape index (κ3) is 3.57. The highest BCUT2D eigenvalue weighted by Crippen LogP contribution is 2.28. The first-order valence-electron chi connectivity index (χ1n) is 6.40. The zero-order chi connectivity index (χ0) is 14.5. The molecular weight excluding hydrogens is 304 g/mol. The first-order valence-corrected chi connectivity index (χ1v) is 7.19. The van der Waals surface area contributed by atoms with E-state index in [9.17, 15) is 10.1 Å². The van der Waals surface area contributed by atoms with Crippen LogP contribution in [0.15, 0.2) is 28.7 Å². The molecule has 1 aromatic rings. The molecular formula is C15H19BrN2O. The van der Waals surface area contributed by atoms with Gasteiger partial charge in [-0.25, -0.2) is 0 Å². The fraction of sp³-hybridized carbons (Fsp3) is 0.467. The largest absolute Gasteiger partial charge is 0.340 e. The molecule has 1 aromatic carbocycles. The van der Waals surface area contributed by atoms with E-state index in [0.717, 1.165) is 10.0 Å². The van der Waals surface area contributed by atoms with E-state index in [2.05, 4.69) is 22.0 Å². The van der Waals surface area contributed by atoms with Gasteiger partial charge in [-0.3, -0.25) is 4.79 Å². The Morgan fingerprint density at radius 1 is 1.42 bits per heavy atom. The van der Waals surface area contributed by atoms with Crippen molar-refractivity contribution in [3.05, 3.63) is 34.3 Å². The lowest BCUT2D eigenvalue weighted by Gasteiger charge is -2.28. The van der Waals surface area contributed by atoms with Crippen LogP contribution in [0, 0.1) is 16.7 Å². The highest BCUT2D eigenvalue weighted by atomic mass is 79.9.